The van der Waals surface area contributed by atoms with Gasteiger partial charge >= 0.3 is 0 Å². The number of ether oxygens (including phenoxy) is 2. The van der Waals surface area contributed by atoms with Crippen molar-refractivity contribution in [2.24, 2.45) is 0 Å². The van der Waals surface area contributed by atoms with Crippen LogP contribution in [0.1, 0.15) is 5.56 Å². The van der Waals surface area contributed by atoms with Gasteiger partial charge in [-0.25, -0.2) is 8.42 Å². The molecule has 0 bridgehead atoms. The number of anilines is 1. The van der Waals surface area contributed by atoms with Crippen LogP contribution >= 0.6 is 12.2 Å². The van der Waals surface area contributed by atoms with E-state index in [1.165, 1.54) is 29.6 Å². The Morgan fingerprint density at radius 1 is 1.00 bits per heavy atom. The number of rotatable bonds is 7. The van der Waals surface area contributed by atoms with Gasteiger partial charge in [0, 0.05) is 37.9 Å². The number of carbonyl (C=O) groups excluding carboxylic acids is 1. The first-order valence-electron chi connectivity index (χ1n) is 10.5. The van der Waals surface area contributed by atoms with Crippen molar-refractivity contribution < 1.29 is 22.7 Å². The highest BCUT2D eigenvalue weighted by Crippen LogP contribution is 2.28. The monoisotopic (exact) mass is 504 g/mol. The number of hydrogen-bond acceptors (Lipinski definition) is 7. The number of nitrogens with zero attached hydrogens (tertiary/aromatic N) is 2. The number of sulfonamides is 1. The van der Waals surface area contributed by atoms with Crippen LogP contribution in [0.5, 0.6) is 11.5 Å². The van der Waals surface area contributed by atoms with Crippen LogP contribution in [0.2, 0.25) is 0 Å². The fourth-order valence-corrected chi connectivity index (χ4v) is 4.97. The highest BCUT2D eigenvalue weighted by molar-refractivity contribution is 7.89. The van der Waals surface area contributed by atoms with Gasteiger partial charge in [0.15, 0.2) is 16.6 Å². The lowest BCUT2D eigenvalue weighted by molar-refractivity contribution is -0.115. The van der Waals surface area contributed by atoms with Gasteiger partial charge in [0.2, 0.25) is 15.9 Å². The molecule has 0 radical (unpaired) electrons. The van der Waals surface area contributed by atoms with Crippen molar-refractivity contribution in [3.63, 3.8) is 0 Å². The molecule has 1 amide bonds. The minimum atomic E-state index is -3.54. The largest absolute Gasteiger partial charge is 0.493 e. The summed E-state index contributed by atoms with van der Waals surface area (Å²) in [6.07, 6.45) is 2.97. The Kier molecular flexibility index (Phi) is 8.61. The molecule has 1 aliphatic rings. The summed E-state index contributed by atoms with van der Waals surface area (Å²) in [5.74, 6) is 0.735. The molecule has 1 fully saturated rings. The first-order valence-corrected chi connectivity index (χ1v) is 12.4. The van der Waals surface area contributed by atoms with E-state index in [0.717, 1.165) is 5.56 Å². The maximum absolute atomic E-state index is 12.8. The summed E-state index contributed by atoms with van der Waals surface area (Å²) in [6.45, 7) is 2.33. The summed E-state index contributed by atoms with van der Waals surface area (Å²) in [6, 6.07) is 11.6. The van der Waals surface area contributed by atoms with Crippen molar-refractivity contribution in [2.45, 2.75) is 4.90 Å². The minimum Gasteiger partial charge on any atom is -0.493 e. The summed E-state index contributed by atoms with van der Waals surface area (Å²) in [4.78, 5) is 14.5. The molecule has 2 aromatic carbocycles. The fourth-order valence-electron chi connectivity index (χ4n) is 3.33. The molecule has 1 saturated heterocycles. The van der Waals surface area contributed by atoms with Crippen LogP contribution in [-0.2, 0) is 14.8 Å². The molecular weight excluding hydrogens is 476 g/mol. The van der Waals surface area contributed by atoms with E-state index < -0.39 is 15.9 Å². The molecule has 0 saturated carbocycles. The van der Waals surface area contributed by atoms with E-state index in [1.54, 1.807) is 43.5 Å². The first kappa shape index (κ1) is 25.6. The van der Waals surface area contributed by atoms with Crippen molar-refractivity contribution in [1.29, 1.82) is 0 Å². The number of benzene rings is 2. The van der Waals surface area contributed by atoms with E-state index in [0.29, 0.717) is 43.4 Å². The van der Waals surface area contributed by atoms with Crippen LogP contribution in [0.25, 0.3) is 6.08 Å². The standard InChI is InChI=1S/C23H28N4O5S2/c1-26-12-14-27(15-13-26)34(29,30)19-8-6-18(7-9-19)24-23(33)25-22(28)11-5-17-4-10-20(31-2)21(16-17)32-3/h4-11,16H,12-15H2,1-3H3,(H2,24,25,28,33)/b11-5+. The normalized spacial score (nSPS) is 15.1. The third-order valence-corrected chi connectivity index (χ3v) is 7.40. The lowest BCUT2D eigenvalue weighted by Gasteiger charge is -2.31. The molecular formula is C23H28N4O5S2. The Hall–Kier alpha value is -2.99. The second-order valence-electron chi connectivity index (χ2n) is 7.62. The number of amides is 1. The quantitative estimate of drug-likeness (QED) is 0.437. The zero-order chi connectivity index (χ0) is 24.7. The summed E-state index contributed by atoms with van der Waals surface area (Å²) in [5, 5.41) is 5.53. The molecule has 1 heterocycles. The number of hydrogen-bond donors (Lipinski definition) is 2. The second kappa shape index (κ2) is 11.4. The Labute approximate surface area is 205 Å². The van der Waals surface area contributed by atoms with E-state index in [4.69, 9.17) is 21.7 Å². The summed E-state index contributed by atoms with van der Waals surface area (Å²) < 4.78 is 37.6. The van der Waals surface area contributed by atoms with Crippen molar-refractivity contribution in [3.8, 4) is 11.5 Å². The zero-order valence-electron chi connectivity index (χ0n) is 19.3. The number of methoxy groups -OCH3 is 2. The predicted octanol–water partition coefficient (Wildman–Crippen LogP) is 2.17. The smallest absolute Gasteiger partial charge is 0.250 e. The fraction of sp³-hybridized carbons (Fsp3) is 0.304. The average molecular weight is 505 g/mol. The van der Waals surface area contributed by atoms with Crippen LogP contribution in [0, 0.1) is 0 Å². The molecule has 1 aliphatic heterocycles. The molecule has 0 aromatic heterocycles. The van der Waals surface area contributed by atoms with Crippen molar-refractivity contribution in [3.05, 3.63) is 54.1 Å². The highest BCUT2D eigenvalue weighted by atomic mass is 32.2. The molecule has 0 spiro atoms. The van der Waals surface area contributed by atoms with Gasteiger partial charge in [-0.3, -0.25) is 10.1 Å². The molecule has 0 aliphatic carbocycles. The van der Waals surface area contributed by atoms with Crippen molar-refractivity contribution in [2.75, 3.05) is 52.8 Å². The zero-order valence-corrected chi connectivity index (χ0v) is 20.9. The van der Waals surface area contributed by atoms with Gasteiger partial charge in [-0.15, -0.1) is 0 Å². The van der Waals surface area contributed by atoms with Crippen LogP contribution in [0.15, 0.2) is 53.4 Å². The number of nitrogens with one attached hydrogen (secondary N) is 2. The van der Waals surface area contributed by atoms with Gasteiger partial charge in [0.25, 0.3) is 0 Å². The molecule has 11 heteroatoms. The number of likely N-dealkylation sites (N-methyl/N-ethyl adjacent to an activating group) is 1. The predicted molar refractivity (Wildman–Crippen MR) is 136 cm³/mol. The third-order valence-electron chi connectivity index (χ3n) is 5.28. The van der Waals surface area contributed by atoms with Crippen LogP contribution in [-0.4, -0.2) is 76.1 Å². The van der Waals surface area contributed by atoms with Crippen LogP contribution in [0.4, 0.5) is 5.69 Å². The van der Waals surface area contributed by atoms with Gasteiger partial charge in [-0.2, -0.15) is 4.31 Å². The summed E-state index contributed by atoms with van der Waals surface area (Å²) in [5.41, 5.74) is 1.32. The lowest BCUT2D eigenvalue weighted by Crippen LogP contribution is -2.46. The van der Waals surface area contributed by atoms with Crippen molar-refractivity contribution >= 4 is 45.0 Å². The van der Waals surface area contributed by atoms with Crippen LogP contribution in [0.3, 0.4) is 0 Å². The third kappa shape index (κ3) is 6.54. The topological polar surface area (TPSA) is 100 Å². The first-order chi connectivity index (χ1) is 16.2. The highest BCUT2D eigenvalue weighted by Gasteiger charge is 2.27. The number of carbonyl (C=O) groups is 1. The Morgan fingerprint density at radius 2 is 1.65 bits per heavy atom. The van der Waals surface area contributed by atoms with E-state index in [9.17, 15) is 13.2 Å². The molecule has 182 valence electrons. The SMILES string of the molecule is COc1ccc(/C=C/C(=O)NC(=S)Nc2ccc(S(=O)(=O)N3CCN(C)CC3)cc2)cc1OC. The van der Waals surface area contributed by atoms with Gasteiger partial charge in [0.1, 0.15) is 0 Å². The number of thiocarbonyl (C=S) groups is 1. The Morgan fingerprint density at radius 3 is 2.26 bits per heavy atom. The molecule has 2 aromatic rings. The van der Waals surface area contributed by atoms with Gasteiger partial charge in [-0.1, -0.05) is 6.07 Å². The molecule has 0 unspecified atom stereocenters. The van der Waals surface area contributed by atoms with E-state index in [2.05, 4.69) is 15.5 Å². The molecule has 0 atom stereocenters. The second-order valence-corrected chi connectivity index (χ2v) is 9.97. The van der Waals surface area contributed by atoms with E-state index >= 15 is 0 Å². The molecule has 9 nitrogen and oxygen atoms in total. The molecule has 3 rings (SSSR count). The van der Waals surface area contributed by atoms with Crippen LogP contribution < -0.4 is 20.1 Å². The van der Waals surface area contributed by atoms with Crippen molar-refractivity contribution in [1.82, 2.24) is 14.5 Å². The van der Waals surface area contributed by atoms with E-state index in [1.807, 2.05) is 7.05 Å². The van der Waals surface area contributed by atoms with Gasteiger partial charge in [0.05, 0.1) is 19.1 Å². The lowest BCUT2D eigenvalue weighted by atomic mass is 10.2. The van der Waals surface area contributed by atoms with Gasteiger partial charge < -0.3 is 19.7 Å². The Balaban J connectivity index is 1.55. The number of piperazine rings is 1. The van der Waals surface area contributed by atoms with Gasteiger partial charge in [-0.05, 0) is 67.3 Å². The van der Waals surface area contributed by atoms with E-state index in [-0.39, 0.29) is 10.0 Å². The Bertz CT molecular complexity index is 1160. The molecule has 34 heavy (non-hydrogen) atoms. The minimum absolute atomic E-state index is 0.0941. The molecule has 2 N–H and O–H groups in total. The maximum atomic E-state index is 12.8. The summed E-state index contributed by atoms with van der Waals surface area (Å²) in [7, 11) is 1.52. The maximum Gasteiger partial charge on any atom is 0.250 e. The summed E-state index contributed by atoms with van der Waals surface area (Å²) >= 11 is 5.19. The average Bonchev–Trinajstić information content (AvgIpc) is 2.83.